The van der Waals surface area contributed by atoms with Crippen LogP contribution in [0.2, 0.25) is 0 Å². The molecule has 1 aliphatic carbocycles. The number of nitrogens with zero attached hydrogens (tertiary/aromatic N) is 2. The van der Waals surface area contributed by atoms with Gasteiger partial charge in [-0.05, 0) is 43.5 Å². The summed E-state index contributed by atoms with van der Waals surface area (Å²) >= 11 is 0. The molecule has 1 aliphatic heterocycles. The first kappa shape index (κ1) is 18.8. The summed E-state index contributed by atoms with van der Waals surface area (Å²) in [6.45, 7) is 1.10. The molecule has 0 atom stereocenters. The van der Waals surface area contributed by atoms with E-state index in [0.717, 1.165) is 25.0 Å². The summed E-state index contributed by atoms with van der Waals surface area (Å²) < 4.78 is 39.7. The van der Waals surface area contributed by atoms with Gasteiger partial charge in [0, 0.05) is 32.1 Å². The van der Waals surface area contributed by atoms with Crippen LogP contribution < -0.4 is 5.32 Å². The molecular weight excluding hydrogens is 361 g/mol. The molecule has 2 fully saturated rings. The molecule has 9 heteroatoms. The van der Waals surface area contributed by atoms with Crippen molar-refractivity contribution < 1.29 is 22.4 Å². The number of hydrogen-bond donors (Lipinski definition) is 1. The largest absolute Gasteiger partial charge is 0.347 e. The average Bonchev–Trinajstić information content (AvgIpc) is 3.45. The highest BCUT2D eigenvalue weighted by Crippen LogP contribution is 2.28. The van der Waals surface area contributed by atoms with Gasteiger partial charge in [0.25, 0.3) is 0 Å². The quantitative estimate of drug-likeness (QED) is 0.806. The molecule has 1 saturated heterocycles. The maximum Gasteiger partial charge on any atom is 0.243 e. The van der Waals surface area contributed by atoms with Crippen molar-refractivity contribution in [1.29, 1.82) is 0 Å². The van der Waals surface area contributed by atoms with Crippen LogP contribution in [0.4, 0.5) is 4.39 Å². The Morgan fingerprint density at radius 2 is 1.77 bits per heavy atom. The SMILES string of the molecule is O=C(NCC(=O)N1CCCN(S(=O)(=O)c2ccc(F)cc2)CC1)C1CC1. The number of sulfonamides is 1. The van der Waals surface area contributed by atoms with E-state index in [9.17, 15) is 22.4 Å². The van der Waals surface area contributed by atoms with E-state index in [1.165, 1.54) is 16.4 Å². The molecule has 0 spiro atoms. The Bertz CT molecular complexity index is 778. The van der Waals surface area contributed by atoms with Crippen molar-refractivity contribution in [3.05, 3.63) is 30.1 Å². The van der Waals surface area contributed by atoms with Crippen LogP contribution in [0, 0.1) is 11.7 Å². The minimum atomic E-state index is -3.72. The Kier molecular flexibility index (Phi) is 5.57. The van der Waals surface area contributed by atoms with Crippen LogP contribution in [0.5, 0.6) is 0 Å². The van der Waals surface area contributed by atoms with Crippen molar-refractivity contribution in [1.82, 2.24) is 14.5 Å². The third-order valence-corrected chi connectivity index (χ3v) is 6.53. The number of amides is 2. The Balaban J connectivity index is 1.57. The van der Waals surface area contributed by atoms with Crippen LogP contribution in [0.3, 0.4) is 0 Å². The van der Waals surface area contributed by atoms with Crippen molar-refractivity contribution in [2.24, 2.45) is 5.92 Å². The second kappa shape index (κ2) is 7.71. The Morgan fingerprint density at radius 1 is 1.08 bits per heavy atom. The molecule has 3 rings (SSSR count). The van der Waals surface area contributed by atoms with Crippen molar-refractivity contribution in [2.45, 2.75) is 24.2 Å². The zero-order chi connectivity index (χ0) is 18.7. The van der Waals surface area contributed by atoms with Crippen LogP contribution in [0.15, 0.2) is 29.2 Å². The smallest absolute Gasteiger partial charge is 0.243 e. The lowest BCUT2D eigenvalue weighted by Crippen LogP contribution is -2.42. The Morgan fingerprint density at radius 3 is 2.42 bits per heavy atom. The molecule has 1 aromatic carbocycles. The van der Waals surface area contributed by atoms with Gasteiger partial charge in [0.05, 0.1) is 11.4 Å². The summed E-state index contributed by atoms with van der Waals surface area (Å²) in [4.78, 5) is 25.5. The highest BCUT2D eigenvalue weighted by Gasteiger charge is 2.31. The standard InChI is InChI=1S/C17H22FN3O4S/c18-14-4-6-15(7-5-14)26(24,25)21-9-1-8-20(10-11-21)16(22)12-19-17(23)13-2-3-13/h4-7,13H,1-3,8-12H2,(H,19,23). The van der Waals surface area contributed by atoms with Gasteiger partial charge in [-0.2, -0.15) is 4.31 Å². The van der Waals surface area contributed by atoms with Gasteiger partial charge in [0.2, 0.25) is 21.8 Å². The number of carbonyl (C=O) groups excluding carboxylic acids is 2. The van der Waals surface area contributed by atoms with E-state index in [1.807, 2.05) is 0 Å². The number of carbonyl (C=O) groups is 2. The average molecular weight is 383 g/mol. The molecule has 2 aliphatic rings. The van der Waals surface area contributed by atoms with Crippen LogP contribution in [-0.2, 0) is 19.6 Å². The van der Waals surface area contributed by atoms with E-state index >= 15 is 0 Å². The van der Waals surface area contributed by atoms with Crippen LogP contribution >= 0.6 is 0 Å². The van der Waals surface area contributed by atoms with Crippen LogP contribution in [0.1, 0.15) is 19.3 Å². The maximum atomic E-state index is 13.0. The van der Waals surface area contributed by atoms with E-state index in [2.05, 4.69) is 5.32 Å². The molecule has 1 N–H and O–H groups in total. The number of hydrogen-bond acceptors (Lipinski definition) is 4. The van der Waals surface area contributed by atoms with Crippen LogP contribution in [-0.4, -0.2) is 62.2 Å². The lowest BCUT2D eigenvalue weighted by Gasteiger charge is -2.22. The molecule has 1 aromatic rings. The molecule has 1 saturated carbocycles. The second-order valence-corrected chi connectivity index (χ2v) is 8.52. The normalized spacial score (nSPS) is 19.0. The molecule has 1 heterocycles. The van der Waals surface area contributed by atoms with Gasteiger partial charge in [-0.15, -0.1) is 0 Å². The topological polar surface area (TPSA) is 86.8 Å². The molecule has 0 aromatic heterocycles. The molecule has 2 amide bonds. The van der Waals surface area contributed by atoms with Crippen molar-refractivity contribution in [2.75, 3.05) is 32.7 Å². The number of benzene rings is 1. The third kappa shape index (κ3) is 4.39. The van der Waals surface area contributed by atoms with Gasteiger partial charge < -0.3 is 10.2 Å². The first-order chi connectivity index (χ1) is 12.4. The highest BCUT2D eigenvalue weighted by molar-refractivity contribution is 7.89. The predicted octanol–water partition coefficient (Wildman–Crippen LogP) is 0.575. The molecule has 7 nitrogen and oxygen atoms in total. The molecule has 0 bridgehead atoms. The maximum absolute atomic E-state index is 13.0. The predicted molar refractivity (Wildman–Crippen MR) is 92.1 cm³/mol. The summed E-state index contributed by atoms with van der Waals surface area (Å²) in [6.07, 6.45) is 2.25. The number of rotatable bonds is 5. The van der Waals surface area contributed by atoms with Crippen molar-refractivity contribution in [3.63, 3.8) is 0 Å². The molecule has 142 valence electrons. The van der Waals surface area contributed by atoms with E-state index in [-0.39, 0.29) is 48.8 Å². The summed E-state index contributed by atoms with van der Waals surface area (Å²) in [6, 6.07) is 4.71. The van der Waals surface area contributed by atoms with E-state index in [0.29, 0.717) is 13.0 Å². The van der Waals surface area contributed by atoms with Gasteiger partial charge in [-0.3, -0.25) is 9.59 Å². The fraction of sp³-hybridized carbons (Fsp3) is 0.529. The first-order valence-electron chi connectivity index (χ1n) is 8.69. The molecule has 0 unspecified atom stereocenters. The lowest BCUT2D eigenvalue weighted by molar-refractivity contribution is -0.133. The first-order valence-corrected chi connectivity index (χ1v) is 10.1. The third-order valence-electron chi connectivity index (χ3n) is 4.62. The van der Waals surface area contributed by atoms with E-state index < -0.39 is 15.8 Å². The minimum Gasteiger partial charge on any atom is -0.347 e. The molecular formula is C17H22FN3O4S. The van der Waals surface area contributed by atoms with Gasteiger partial charge in [-0.1, -0.05) is 0 Å². The summed E-state index contributed by atoms with van der Waals surface area (Å²) in [5, 5.41) is 2.64. The van der Waals surface area contributed by atoms with Crippen molar-refractivity contribution >= 4 is 21.8 Å². The van der Waals surface area contributed by atoms with Gasteiger partial charge in [-0.25, -0.2) is 12.8 Å². The second-order valence-electron chi connectivity index (χ2n) is 6.58. The van der Waals surface area contributed by atoms with Gasteiger partial charge in [0.15, 0.2) is 0 Å². The van der Waals surface area contributed by atoms with E-state index in [1.54, 1.807) is 4.90 Å². The number of halogens is 1. The fourth-order valence-electron chi connectivity index (χ4n) is 2.90. The lowest BCUT2D eigenvalue weighted by atomic mass is 10.3. The minimum absolute atomic E-state index is 0.0374. The monoisotopic (exact) mass is 383 g/mol. The highest BCUT2D eigenvalue weighted by atomic mass is 32.2. The Labute approximate surface area is 152 Å². The van der Waals surface area contributed by atoms with Gasteiger partial charge >= 0.3 is 0 Å². The fourth-order valence-corrected chi connectivity index (χ4v) is 4.37. The molecule has 26 heavy (non-hydrogen) atoms. The summed E-state index contributed by atoms with van der Waals surface area (Å²) in [5.74, 6) is -0.748. The van der Waals surface area contributed by atoms with Crippen LogP contribution in [0.25, 0.3) is 0 Å². The van der Waals surface area contributed by atoms with Gasteiger partial charge in [0.1, 0.15) is 5.82 Å². The summed E-state index contributed by atoms with van der Waals surface area (Å²) in [7, 11) is -3.72. The van der Waals surface area contributed by atoms with E-state index in [4.69, 9.17) is 0 Å². The zero-order valence-electron chi connectivity index (χ0n) is 14.4. The zero-order valence-corrected chi connectivity index (χ0v) is 15.2. The Hall–Kier alpha value is -2.00. The van der Waals surface area contributed by atoms with Crippen molar-refractivity contribution in [3.8, 4) is 0 Å². The summed E-state index contributed by atoms with van der Waals surface area (Å²) in [5.41, 5.74) is 0. The molecule has 0 radical (unpaired) electrons. The number of nitrogens with one attached hydrogen (secondary N) is 1.